The van der Waals surface area contributed by atoms with Gasteiger partial charge < -0.3 is 9.73 Å². The minimum Gasteiger partial charge on any atom is -0.460 e. The first-order chi connectivity index (χ1) is 15.3. The number of nitrogens with one attached hydrogen (secondary N) is 1. The van der Waals surface area contributed by atoms with Crippen molar-refractivity contribution in [1.82, 2.24) is 0 Å². The fourth-order valence-electron chi connectivity index (χ4n) is 4.53. The van der Waals surface area contributed by atoms with Gasteiger partial charge in [-0.25, -0.2) is 0 Å². The molecule has 0 saturated carbocycles. The van der Waals surface area contributed by atoms with Gasteiger partial charge in [0.2, 0.25) is 0 Å². The van der Waals surface area contributed by atoms with E-state index in [4.69, 9.17) is 4.42 Å². The fourth-order valence-corrected chi connectivity index (χ4v) is 4.53. The zero-order valence-corrected chi connectivity index (χ0v) is 17.3. The van der Waals surface area contributed by atoms with Gasteiger partial charge in [0.25, 0.3) is 0 Å². The fraction of sp³-hybridized carbons (Fsp3) is 0.103. The number of aryl methyl sites for hydroxylation is 1. The van der Waals surface area contributed by atoms with Crippen molar-refractivity contribution in [2.45, 2.75) is 19.3 Å². The van der Waals surface area contributed by atoms with Crippen LogP contribution in [0.5, 0.6) is 0 Å². The standard InChI is InChI=1S/C29H23NO/c1-2-8-21-16-25(15-20(21)7-1)22-10-5-12-26(17-22)30-27-13-6-11-23(18-27)29-19-24-9-3-4-14-28(24)31-29/h1-3,5-13,15,17-19,30H,4,14,16H2. The first kappa shape index (κ1) is 18.0. The Bertz CT molecular complexity index is 1340. The van der Waals surface area contributed by atoms with Gasteiger partial charge >= 0.3 is 0 Å². The Morgan fingerprint density at radius 1 is 0.742 bits per heavy atom. The number of fused-ring (bicyclic) bond motifs is 2. The van der Waals surface area contributed by atoms with Crippen LogP contribution in [0.1, 0.15) is 34.4 Å². The molecule has 3 aromatic carbocycles. The second-order valence-electron chi connectivity index (χ2n) is 8.26. The number of hydrogen-bond donors (Lipinski definition) is 1. The molecule has 31 heavy (non-hydrogen) atoms. The largest absolute Gasteiger partial charge is 0.460 e. The molecule has 0 aliphatic heterocycles. The second kappa shape index (κ2) is 7.48. The molecular formula is C29H23NO. The third-order valence-corrected chi connectivity index (χ3v) is 6.11. The summed E-state index contributed by atoms with van der Waals surface area (Å²) in [5.41, 5.74) is 9.82. The summed E-state index contributed by atoms with van der Waals surface area (Å²) in [5.74, 6) is 2.03. The SMILES string of the molecule is C1=Cc2cc(-c3cccc(Nc4cccc(C5=Cc6ccccc6C5)c4)c3)oc2CC1. The van der Waals surface area contributed by atoms with Crippen LogP contribution in [-0.2, 0) is 12.8 Å². The van der Waals surface area contributed by atoms with Crippen molar-refractivity contribution < 1.29 is 4.42 Å². The predicted octanol–water partition coefficient (Wildman–Crippen LogP) is 7.75. The van der Waals surface area contributed by atoms with Crippen molar-refractivity contribution >= 4 is 29.1 Å². The molecule has 6 rings (SSSR count). The van der Waals surface area contributed by atoms with Gasteiger partial charge in [-0.05, 0) is 65.4 Å². The summed E-state index contributed by atoms with van der Waals surface area (Å²) in [6.07, 6.45) is 9.71. The number of anilines is 2. The number of rotatable bonds is 4. The molecule has 2 nitrogen and oxygen atoms in total. The third-order valence-electron chi connectivity index (χ3n) is 6.11. The summed E-state index contributed by atoms with van der Waals surface area (Å²) < 4.78 is 6.13. The van der Waals surface area contributed by atoms with Crippen LogP contribution in [0.4, 0.5) is 11.4 Å². The normalized spacial score (nSPS) is 14.1. The van der Waals surface area contributed by atoms with E-state index in [9.17, 15) is 0 Å². The Hall–Kier alpha value is -3.78. The molecule has 0 amide bonds. The van der Waals surface area contributed by atoms with E-state index in [1.807, 2.05) is 0 Å². The summed E-state index contributed by atoms with van der Waals surface area (Å²) in [7, 11) is 0. The van der Waals surface area contributed by atoms with Gasteiger partial charge in [-0.15, -0.1) is 0 Å². The topological polar surface area (TPSA) is 25.2 Å². The Morgan fingerprint density at radius 3 is 2.39 bits per heavy atom. The summed E-state index contributed by atoms with van der Waals surface area (Å²) in [5, 5.41) is 3.58. The van der Waals surface area contributed by atoms with E-state index < -0.39 is 0 Å². The van der Waals surface area contributed by atoms with Crippen LogP contribution in [-0.4, -0.2) is 0 Å². The highest BCUT2D eigenvalue weighted by molar-refractivity contribution is 5.89. The quantitative estimate of drug-likeness (QED) is 0.378. The van der Waals surface area contributed by atoms with E-state index in [0.29, 0.717) is 0 Å². The molecule has 0 atom stereocenters. The number of furan rings is 1. The highest BCUT2D eigenvalue weighted by Gasteiger charge is 2.15. The number of benzene rings is 3. The van der Waals surface area contributed by atoms with Crippen molar-refractivity contribution in [3.63, 3.8) is 0 Å². The molecule has 0 radical (unpaired) electrons. The van der Waals surface area contributed by atoms with Gasteiger partial charge in [-0.3, -0.25) is 0 Å². The molecule has 0 fully saturated rings. The van der Waals surface area contributed by atoms with E-state index in [2.05, 4.69) is 102 Å². The van der Waals surface area contributed by atoms with E-state index >= 15 is 0 Å². The summed E-state index contributed by atoms with van der Waals surface area (Å²) >= 11 is 0. The van der Waals surface area contributed by atoms with Crippen LogP contribution in [0.3, 0.4) is 0 Å². The average molecular weight is 402 g/mol. The Morgan fingerprint density at radius 2 is 1.55 bits per heavy atom. The maximum atomic E-state index is 6.13. The minimum atomic E-state index is 0.933. The monoisotopic (exact) mass is 401 g/mol. The molecule has 1 heterocycles. The van der Waals surface area contributed by atoms with Gasteiger partial charge in [-0.1, -0.05) is 66.8 Å². The first-order valence-electron chi connectivity index (χ1n) is 10.9. The van der Waals surface area contributed by atoms with E-state index in [0.717, 1.165) is 47.7 Å². The lowest BCUT2D eigenvalue weighted by atomic mass is 10.0. The zero-order chi connectivity index (χ0) is 20.6. The van der Waals surface area contributed by atoms with E-state index in [1.165, 1.54) is 27.8 Å². The predicted molar refractivity (Wildman–Crippen MR) is 129 cm³/mol. The molecule has 0 bridgehead atoms. The molecule has 4 aromatic rings. The highest BCUT2D eigenvalue weighted by Crippen LogP contribution is 2.34. The average Bonchev–Trinajstić information content (AvgIpc) is 3.44. The number of hydrogen-bond acceptors (Lipinski definition) is 2. The summed E-state index contributed by atoms with van der Waals surface area (Å²) in [4.78, 5) is 0. The van der Waals surface area contributed by atoms with Gasteiger partial charge in [0, 0.05) is 28.9 Å². The molecule has 2 aliphatic carbocycles. The zero-order valence-electron chi connectivity index (χ0n) is 17.3. The summed E-state index contributed by atoms with van der Waals surface area (Å²) in [6, 6.07) is 27.9. The van der Waals surface area contributed by atoms with Crippen molar-refractivity contribution in [3.05, 3.63) is 113 Å². The van der Waals surface area contributed by atoms with E-state index in [1.54, 1.807) is 0 Å². The van der Waals surface area contributed by atoms with Crippen molar-refractivity contribution in [2.75, 3.05) is 5.32 Å². The van der Waals surface area contributed by atoms with Crippen LogP contribution in [0.2, 0.25) is 0 Å². The van der Waals surface area contributed by atoms with Crippen LogP contribution in [0.25, 0.3) is 29.0 Å². The molecule has 0 unspecified atom stereocenters. The lowest BCUT2D eigenvalue weighted by Crippen LogP contribution is -1.92. The lowest BCUT2D eigenvalue weighted by Gasteiger charge is -2.10. The molecule has 2 aliphatic rings. The molecule has 0 spiro atoms. The maximum absolute atomic E-state index is 6.13. The number of allylic oxidation sites excluding steroid dienone is 2. The Labute approximate surface area is 182 Å². The maximum Gasteiger partial charge on any atom is 0.134 e. The van der Waals surface area contributed by atoms with Crippen LogP contribution in [0, 0.1) is 0 Å². The molecular weight excluding hydrogens is 378 g/mol. The van der Waals surface area contributed by atoms with Crippen LogP contribution < -0.4 is 5.32 Å². The van der Waals surface area contributed by atoms with Gasteiger partial charge in [0.15, 0.2) is 0 Å². The molecule has 1 aromatic heterocycles. The third kappa shape index (κ3) is 3.51. The van der Waals surface area contributed by atoms with Crippen LogP contribution >= 0.6 is 0 Å². The van der Waals surface area contributed by atoms with Crippen molar-refractivity contribution in [1.29, 1.82) is 0 Å². The van der Waals surface area contributed by atoms with Gasteiger partial charge in [0.1, 0.15) is 11.5 Å². The molecule has 2 heteroatoms. The highest BCUT2D eigenvalue weighted by atomic mass is 16.3. The van der Waals surface area contributed by atoms with Crippen LogP contribution in [0.15, 0.2) is 89.4 Å². The van der Waals surface area contributed by atoms with E-state index in [-0.39, 0.29) is 0 Å². The molecule has 0 saturated heterocycles. The van der Waals surface area contributed by atoms with Gasteiger partial charge in [-0.2, -0.15) is 0 Å². The van der Waals surface area contributed by atoms with Gasteiger partial charge in [0.05, 0.1) is 0 Å². The Kier molecular flexibility index (Phi) is 4.35. The molecule has 1 N–H and O–H groups in total. The van der Waals surface area contributed by atoms with Crippen molar-refractivity contribution in [2.24, 2.45) is 0 Å². The molecule has 150 valence electrons. The first-order valence-corrected chi connectivity index (χ1v) is 10.9. The Balaban J connectivity index is 1.25. The lowest BCUT2D eigenvalue weighted by molar-refractivity contribution is 0.520. The van der Waals surface area contributed by atoms with Crippen molar-refractivity contribution in [3.8, 4) is 11.3 Å². The minimum absolute atomic E-state index is 0.933. The summed E-state index contributed by atoms with van der Waals surface area (Å²) in [6.45, 7) is 0. The second-order valence-corrected chi connectivity index (χ2v) is 8.26. The smallest absolute Gasteiger partial charge is 0.134 e.